The van der Waals surface area contributed by atoms with E-state index in [0.29, 0.717) is 32.2 Å². The first-order chi connectivity index (χ1) is 14.0. The van der Waals surface area contributed by atoms with Crippen molar-refractivity contribution in [2.75, 3.05) is 5.32 Å². The number of hydrogen-bond acceptors (Lipinski definition) is 3. The number of rotatable bonds is 4. The highest BCUT2D eigenvalue weighted by Crippen LogP contribution is 2.25. The fourth-order valence-electron chi connectivity index (χ4n) is 3.07. The predicted molar refractivity (Wildman–Crippen MR) is 117 cm³/mol. The Morgan fingerprint density at radius 2 is 1.62 bits per heavy atom. The molecule has 0 atom stereocenters. The highest BCUT2D eigenvalue weighted by atomic mass is 35.5. The van der Waals surface area contributed by atoms with Crippen LogP contribution in [0, 0.1) is 0 Å². The zero-order valence-corrected chi connectivity index (χ0v) is 16.6. The number of hydrogen-bond donors (Lipinski definition) is 1. The monoisotopic (exact) mass is 423 g/mol. The van der Waals surface area contributed by atoms with Gasteiger partial charge in [0.05, 0.1) is 11.1 Å². The topological polar surface area (TPSA) is 64.0 Å². The molecular weight excluding hydrogens is 409 g/mol. The summed E-state index contributed by atoms with van der Waals surface area (Å²) in [6.07, 6.45) is 0. The lowest BCUT2D eigenvalue weighted by atomic mass is 10.1. The summed E-state index contributed by atoms with van der Waals surface area (Å²) in [4.78, 5) is 25.4. The first-order valence-corrected chi connectivity index (χ1v) is 9.58. The molecule has 0 radical (unpaired) electrons. The second-order valence-electron chi connectivity index (χ2n) is 6.42. The summed E-state index contributed by atoms with van der Waals surface area (Å²) in [5.41, 5.74) is 1.62. The molecule has 5 nitrogen and oxygen atoms in total. The maximum atomic E-state index is 12.9. The van der Waals surface area contributed by atoms with Gasteiger partial charge in [-0.1, -0.05) is 59.6 Å². The van der Waals surface area contributed by atoms with Crippen LogP contribution in [0.3, 0.4) is 0 Å². The van der Waals surface area contributed by atoms with Gasteiger partial charge in [0, 0.05) is 26.7 Å². The van der Waals surface area contributed by atoms with Crippen molar-refractivity contribution in [2.45, 2.75) is 6.54 Å². The van der Waals surface area contributed by atoms with Gasteiger partial charge in [-0.25, -0.2) is 4.68 Å². The molecule has 0 aliphatic heterocycles. The van der Waals surface area contributed by atoms with Crippen LogP contribution in [0.2, 0.25) is 10.0 Å². The van der Waals surface area contributed by atoms with Gasteiger partial charge in [0.25, 0.3) is 5.56 Å². The van der Waals surface area contributed by atoms with Crippen LogP contribution in [0.25, 0.3) is 22.0 Å². The zero-order chi connectivity index (χ0) is 20.4. The summed E-state index contributed by atoms with van der Waals surface area (Å²) in [5.74, 6) is -0.376. The number of halogens is 2. The first kappa shape index (κ1) is 19.2. The number of nitrogens with one attached hydrogen (secondary N) is 1. The van der Waals surface area contributed by atoms with E-state index in [4.69, 9.17) is 23.2 Å². The largest absolute Gasteiger partial charge is 0.324 e. The molecule has 0 aliphatic rings. The maximum Gasteiger partial charge on any atom is 0.275 e. The highest BCUT2D eigenvalue weighted by molar-refractivity contribution is 6.31. The predicted octanol–water partition coefficient (Wildman–Crippen LogP) is 5.01. The molecular formula is C22H15Cl2N3O2. The van der Waals surface area contributed by atoms with Gasteiger partial charge in [-0.2, -0.15) is 5.10 Å². The molecule has 144 valence electrons. The smallest absolute Gasteiger partial charge is 0.275 e. The molecule has 4 aromatic rings. The molecule has 1 amide bonds. The summed E-state index contributed by atoms with van der Waals surface area (Å²) >= 11 is 11.9. The van der Waals surface area contributed by atoms with Crippen molar-refractivity contribution in [2.24, 2.45) is 0 Å². The molecule has 1 aromatic heterocycles. The van der Waals surface area contributed by atoms with Crippen molar-refractivity contribution in [3.05, 3.63) is 93.2 Å². The third-order valence-corrected chi connectivity index (χ3v) is 4.87. The summed E-state index contributed by atoms with van der Waals surface area (Å²) < 4.78 is 1.17. The SMILES string of the molecule is O=C(Cn1nc(-c2ccc(Cl)cc2)c2ccccc2c1=O)Nc1cccc(Cl)c1. The van der Waals surface area contributed by atoms with Crippen LogP contribution in [0.4, 0.5) is 5.69 Å². The first-order valence-electron chi connectivity index (χ1n) is 8.82. The Morgan fingerprint density at radius 3 is 2.34 bits per heavy atom. The van der Waals surface area contributed by atoms with E-state index in [1.165, 1.54) is 4.68 Å². The molecule has 0 aliphatic carbocycles. The van der Waals surface area contributed by atoms with Gasteiger partial charge in [-0.15, -0.1) is 0 Å². The van der Waals surface area contributed by atoms with Gasteiger partial charge in [0.15, 0.2) is 0 Å². The van der Waals surface area contributed by atoms with Crippen molar-refractivity contribution >= 4 is 45.6 Å². The minimum atomic E-state index is -0.376. The Morgan fingerprint density at radius 1 is 0.897 bits per heavy atom. The minimum Gasteiger partial charge on any atom is -0.324 e. The lowest BCUT2D eigenvalue weighted by molar-refractivity contribution is -0.117. The van der Waals surface area contributed by atoms with Crippen LogP contribution in [0.5, 0.6) is 0 Å². The van der Waals surface area contributed by atoms with Crippen molar-refractivity contribution in [1.29, 1.82) is 0 Å². The van der Waals surface area contributed by atoms with E-state index in [2.05, 4.69) is 10.4 Å². The van der Waals surface area contributed by atoms with Crippen LogP contribution in [0.15, 0.2) is 77.6 Å². The number of nitrogens with zero attached hydrogens (tertiary/aromatic N) is 2. The molecule has 0 unspecified atom stereocenters. The number of anilines is 1. The number of benzene rings is 3. The molecule has 3 aromatic carbocycles. The second-order valence-corrected chi connectivity index (χ2v) is 7.30. The molecule has 4 rings (SSSR count). The molecule has 0 bridgehead atoms. The van der Waals surface area contributed by atoms with Gasteiger partial charge in [0.1, 0.15) is 6.54 Å². The van der Waals surface area contributed by atoms with Gasteiger partial charge < -0.3 is 5.32 Å². The third kappa shape index (κ3) is 4.16. The summed E-state index contributed by atoms with van der Waals surface area (Å²) in [6.45, 7) is -0.225. The Bertz CT molecular complexity index is 1270. The maximum absolute atomic E-state index is 12.9. The lowest BCUT2D eigenvalue weighted by Crippen LogP contribution is -2.30. The van der Waals surface area contributed by atoms with E-state index in [9.17, 15) is 9.59 Å². The molecule has 0 saturated heterocycles. The highest BCUT2D eigenvalue weighted by Gasteiger charge is 2.14. The summed E-state index contributed by atoms with van der Waals surface area (Å²) in [5, 5.41) is 9.52. The molecule has 0 fully saturated rings. The van der Waals surface area contributed by atoms with E-state index in [-0.39, 0.29) is 18.0 Å². The average Bonchev–Trinajstić information content (AvgIpc) is 2.71. The van der Waals surface area contributed by atoms with Gasteiger partial charge in [-0.3, -0.25) is 9.59 Å². The van der Waals surface area contributed by atoms with Crippen molar-refractivity contribution < 1.29 is 4.79 Å². The van der Waals surface area contributed by atoms with Crippen molar-refractivity contribution in [3.8, 4) is 11.3 Å². The standard InChI is InChI=1S/C22H15Cl2N3O2/c23-15-10-8-14(9-11-15)21-18-6-1-2-7-19(18)22(29)27(26-21)13-20(28)25-17-5-3-4-16(24)12-17/h1-12H,13H2,(H,25,28). The van der Waals surface area contributed by atoms with Crippen LogP contribution in [-0.4, -0.2) is 15.7 Å². The van der Waals surface area contributed by atoms with Gasteiger partial charge >= 0.3 is 0 Å². The number of carbonyl (C=O) groups excluding carboxylic acids is 1. The Balaban J connectivity index is 1.74. The van der Waals surface area contributed by atoms with Crippen LogP contribution >= 0.6 is 23.2 Å². The normalized spacial score (nSPS) is 10.8. The molecule has 1 N–H and O–H groups in total. The van der Waals surface area contributed by atoms with E-state index in [1.54, 1.807) is 48.5 Å². The van der Waals surface area contributed by atoms with Crippen LogP contribution < -0.4 is 10.9 Å². The molecule has 7 heteroatoms. The molecule has 1 heterocycles. The van der Waals surface area contributed by atoms with Crippen LogP contribution in [-0.2, 0) is 11.3 Å². The van der Waals surface area contributed by atoms with Gasteiger partial charge in [0.2, 0.25) is 5.91 Å². The zero-order valence-electron chi connectivity index (χ0n) is 15.1. The fourth-order valence-corrected chi connectivity index (χ4v) is 3.38. The number of fused-ring (bicyclic) bond motifs is 1. The molecule has 0 saturated carbocycles. The molecule has 0 spiro atoms. The summed E-state index contributed by atoms with van der Waals surface area (Å²) in [6, 6.07) is 21.2. The number of amides is 1. The Hall–Kier alpha value is -3.15. The quantitative estimate of drug-likeness (QED) is 0.501. The van der Waals surface area contributed by atoms with E-state index in [0.717, 1.165) is 5.56 Å². The Kier molecular flexibility index (Phi) is 5.34. The van der Waals surface area contributed by atoms with Crippen molar-refractivity contribution in [3.63, 3.8) is 0 Å². The third-order valence-electron chi connectivity index (χ3n) is 4.39. The van der Waals surface area contributed by atoms with E-state index < -0.39 is 0 Å². The van der Waals surface area contributed by atoms with E-state index >= 15 is 0 Å². The fraction of sp³-hybridized carbons (Fsp3) is 0.0455. The second kappa shape index (κ2) is 8.07. The minimum absolute atomic E-state index is 0.225. The van der Waals surface area contributed by atoms with Crippen LogP contribution in [0.1, 0.15) is 0 Å². The lowest BCUT2D eigenvalue weighted by Gasteiger charge is -2.12. The van der Waals surface area contributed by atoms with Gasteiger partial charge in [-0.05, 0) is 36.4 Å². The van der Waals surface area contributed by atoms with E-state index in [1.807, 2.05) is 24.3 Å². The number of carbonyl (C=O) groups is 1. The summed E-state index contributed by atoms with van der Waals surface area (Å²) in [7, 11) is 0. The number of aromatic nitrogens is 2. The average molecular weight is 424 g/mol. The van der Waals surface area contributed by atoms with Crippen molar-refractivity contribution in [1.82, 2.24) is 9.78 Å². The molecule has 29 heavy (non-hydrogen) atoms. The Labute approximate surface area is 176 Å².